The minimum atomic E-state index is -0.0735. The average molecular weight is 333 g/mol. The van der Waals surface area contributed by atoms with Gasteiger partial charge in [0.1, 0.15) is 5.82 Å². The average Bonchev–Trinajstić information content (AvgIpc) is 3.06. The monoisotopic (exact) mass is 333 g/mol. The number of hydrogen-bond donors (Lipinski definition) is 3. The fourth-order valence-electron chi connectivity index (χ4n) is 2.44. The van der Waals surface area contributed by atoms with Crippen LogP contribution >= 0.6 is 0 Å². The highest BCUT2D eigenvalue weighted by molar-refractivity contribution is 5.90. The number of nitrogens with zero attached hydrogens (tertiary/aromatic N) is 2. The van der Waals surface area contributed by atoms with Crippen molar-refractivity contribution < 1.29 is 9.53 Å². The molecular formula is C17H27N5O2. The molecule has 1 amide bonds. The summed E-state index contributed by atoms with van der Waals surface area (Å²) in [6.45, 7) is 6.67. The van der Waals surface area contributed by atoms with Gasteiger partial charge in [-0.2, -0.15) is 0 Å². The van der Waals surface area contributed by atoms with E-state index in [0.717, 1.165) is 37.6 Å². The summed E-state index contributed by atoms with van der Waals surface area (Å²) in [5.74, 6) is 1.23. The van der Waals surface area contributed by atoms with Crippen LogP contribution < -0.4 is 16.0 Å². The number of aryl methyl sites for hydroxylation is 1. The highest BCUT2D eigenvalue weighted by atomic mass is 16.5. The third kappa shape index (κ3) is 6.54. The molecule has 1 aliphatic rings. The van der Waals surface area contributed by atoms with E-state index in [2.05, 4.69) is 25.9 Å². The zero-order valence-electron chi connectivity index (χ0n) is 14.5. The van der Waals surface area contributed by atoms with Crippen molar-refractivity contribution in [3.8, 4) is 0 Å². The van der Waals surface area contributed by atoms with Crippen LogP contribution in [-0.2, 0) is 9.53 Å². The Bertz CT molecular complexity index is 556. The molecule has 7 nitrogen and oxygen atoms in total. The highest BCUT2D eigenvalue weighted by Gasteiger charge is 2.14. The molecule has 2 heterocycles. The molecule has 0 saturated carbocycles. The second-order valence-corrected chi connectivity index (χ2v) is 5.74. The molecule has 1 aromatic heterocycles. The van der Waals surface area contributed by atoms with Crippen LogP contribution in [0.4, 0.5) is 5.82 Å². The number of amides is 1. The lowest BCUT2D eigenvalue weighted by Crippen LogP contribution is -2.39. The lowest BCUT2D eigenvalue weighted by Gasteiger charge is -2.13. The minimum absolute atomic E-state index is 0.0735. The summed E-state index contributed by atoms with van der Waals surface area (Å²) in [6.07, 6.45) is 2.74. The van der Waals surface area contributed by atoms with Crippen LogP contribution in [0.25, 0.3) is 0 Å². The molecule has 3 N–H and O–H groups in total. The molecule has 1 aromatic rings. The Kier molecular flexibility index (Phi) is 7.48. The lowest BCUT2D eigenvalue weighted by atomic mass is 10.2. The highest BCUT2D eigenvalue weighted by Crippen LogP contribution is 2.11. The summed E-state index contributed by atoms with van der Waals surface area (Å²) in [4.78, 5) is 20.7. The Morgan fingerprint density at radius 1 is 1.42 bits per heavy atom. The van der Waals surface area contributed by atoms with Crippen LogP contribution in [0.5, 0.6) is 0 Å². The molecule has 1 aliphatic heterocycles. The molecule has 7 heteroatoms. The van der Waals surface area contributed by atoms with Gasteiger partial charge in [-0.25, -0.2) is 4.98 Å². The predicted molar refractivity (Wildman–Crippen MR) is 95.2 cm³/mol. The first-order valence-corrected chi connectivity index (χ1v) is 8.54. The van der Waals surface area contributed by atoms with Crippen LogP contribution in [-0.4, -0.2) is 49.2 Å². The van der Waals surface area contributed by atoms with Crippen molar-refractivity contribution in [3.63, 3.8) is 0 Å². The molecule has 1 atom stereocenters. The molecule has 132 valence electrons. The quantitative estimate of drug-likeness (QED) is 0.519. The summed E-state index contributed by atoms with van der Waals surface area (Å²) in [7, 11) is 0. The topological polar surface area (TPSA) is 87.6 Å². The normalized spacial score (nSPS) is 17.6. The number of aromatic nitrogens is 1. The second kappa shape index (κ2) is 9.87. The van der Waals surface area contributed by atoms with Crippen molar-refractivity contribution in [2.24, 2.45) is 4.99 Å². The van der Waals surface area contributed by atoms with Gasteiger partial charge >= 0.3 is 0 Å². The van der Waals surface area contributed by atoms with Crippen molar-refractivity contribution in [1.82, 2.24) is 15.6 Å². The zero-order valence-corrected chi connectivity index (χ0v) is 14.5. The number of guanidine groups is 1. The zero-order chi connectivity index (χ0) is 17.2. The van der Waals surface area contributed by atoms with Crippen LogP contribution in [0.2, 0.25) is 0 Å². The van der Waals surface area contributed by atoms with E-state index in [1.54, 1.807) is 6.07 Å². The number of nitrogens with one attached hydrogen (secondary N) is 3. The standard InChI is InChI=1S/C17H27N5O2/c1-3-18-17(20-12-14-7-5-11-24-14)19-10-9-16(23)22-15-8-4-6-13(2)21-15/h4,6,8,14H,3,5,7,9-12H2,1-2H3,(H2,18,19,20)(H,21,22,23). The van der Waals surface area contributed by atoms with E-state index in [-0.39, 0.29) is 12.0 Å². The fourth-order valence-corrected chi connectivity index (χ4v) is 2.44. The molecule has 2 rings (SSSR count). The number of rotatable bonds is 7. The van der Waals surface area contributed by atoms with Gasteiger partial charge in [0, 0.05) is 31.8 Å². The Morgan fingerprint density at radius 3 is 3.00 bits per heavy atom. The number of anilines is 1. The SMILES string of the molecule is CCNC(=NCC1CCCO1)NCCC(=O)Nc1cccc(C)n1. The Hall–Kier alpha value is -2.15. The van der Waals surface area contributed by atoms with Gasteiger partial charge in [-0.15, -0.1) is 0 Å². The first kappa shape index (κ1) is 18.2. The first-order valence-electron chi connectivity index (χ1n) is 8.54. The lowest BCUT2D eigenvalue weighted by molar-refractivity contribution is -0.116. The van der Waals surface area contributed by atoms with Crippen molar-refractivity contribution >= 4 is 17.7 Å². The van der Waals surface area contributed by atoms with E-state index in [1.165, 1.54) is 0 Å². The molecule has 1 fully saturated rings. The minimum Gasteiger partial charge on any atom is -0.376 e. The number of carbonyl (C=O) groups excluding carboxylic acids is 1. The molecule has 1 unspecified atom stereocenters. The Labute approximate surface area is 143 Å². The molecule has 24 heavy (non-hydrogen) atoms. The molecule has 0 aromatic carbocycles. The van der Waals surface area contributed by atoms with E-state index < -0.39 is 0 Å². The second-order valence-electron chi connectivity index (χ2n) is 5.74. The fraction of sp³-hybridized carbons (Fsp3) is 0.588. The van der Waals surface area contributed by atoms with E-state index in [0.29, 0.717) is 25.3 Å². The summed E-state index contributed by atoms with van der Waals surface area (Å²) in [5, 5.41) is 9.15. The Balaban J connectivity index is 1.72. The van der Waals surface area contributed by atoms with Crippen LogP contribution in [0.1, 0.15) is 31.9 Å². The van der Waals surface area contributed by atoms with Gasteiger partial charge in [0.15, 0.2) is 5.96 Å². The number of hydrogen-bond acceptors (Lipinski definition) is 4. The molecule has 1 saturated heterocycles. The van der Waals surface area contributed by atoms with Crippen molar-refractivity contribution in [2.75, 3.05) is 31.6 Å². The number of ether oxygens (including phenoxy) is 1. The summed E-state index contributed by atoms with van der Waals surface area (Å²) in [5.41, 5.74) is 0.877. The van der Waals surface area contributed by atoms with Gasteiger partial charge in [-0.05, 0) is 38.8 Å². The maximum atomic E-state index is 12.0. The van der Waals surface area contributed by atoms with Crippen molar-refractivity contribution in [2.45, 2.75) is 39.2 Å². The van der Waals surface area contributed by atoms with Gasteiger partial charge in [-0.1, -0.05) is 6.07 Å². The maximum absolute atomic E-state index is 12.0. The van der Waals surface area contributed by atoms with E-state index in [1.807, 2.05) is 26.0 Å². The predicted octanol–water partition coefficient (Wildman–Crippen LogP) is 1.45. The molecule has 0 aliphatic carbocycles. The Morgan fingerprint density at radius 2 is 2.29 bits per heavy atom. The van der Waals surface area contributed by atoms with Crippen LogP contribution in [0.3, 0.4) is 0 Å². The third-order valence-corrected chi connectivity index (χ3v) is 3.62. The molecule has 0 spiro atoms. The summed E-state index contributed by atoms with van der Waals surface area (Å²) >= 11 is 0. The van der Waals surface area contributed by atoms with Crippen molar-refractivity contribution in [1.29, 1.82) is 0 Å². The van der Waals surface area contributed by atoms with Crippen molar-refractivity contribution in [3.05, 3.63) is 23.9 Å². The number of aliphatic imine (C=N–C) groups is 1. The molecule has 0 radical (unpaired) electrons. The molecular weight excluding hydrogens is 306 g/mol. The van der Waals surface area contributed by atoms with Crippen LogP contribution in [0.15, 0.2) is 23.2 Å². The van der Waals surface area contributed by atoms with Gasteiger partial charge in [0.05, 0.1) is 12.6 Å². The van der Waals surface area contributed by atoms with E-state index in [4.69, 9.17) is 4.74 Å². The summed E-state index contributed by atoms with van der Waals surface area (Å²) < 4.78 is 5.57. The van der Waals surface area contributed by atoms with E-state index >= 15 is 0 Å². The third-order valence-electron chi connectivity index (χ3n) is 3.62. The van der Waals surface area contributed by atoms with E-state index in [9.17, 15) is 4.79 Å². The maximum Gasteiger partial charge on any atom is 0.227 e. The first-order chi connectivity index (χ1) is 11.7. The molecule has 0 bridgehead atoms. The van der Waals surface area contributed by atoms with Gasteiger partial charge in [-0.3, -0.25) is 9.79 Å². The van der Waals surface area contributed by atoms with Gasteiger partial charge < -0.3 is 20.7 Å². The number of pyridine rings is 1. The van der Waals surface area contributed by atoms with Gasteiger partial charge in [0.2, 0.25) is 5.91 Å². The largest absolute Gasteiger partial charge is 0.376 e. The smallest absolute Gasteiger partial charge is 0.227 e. The number of carbonyl (C=O) groups is 1. The van der Waals surface area contributed by atoms with Gasteiger partial charge in [0.25, 0.3) is 0 Å². The summed E-state index contributed by atoms with van der Waals surface area (Å²) in [6, 6.07) is 5.55. The van der Waals surface area contributed by atoms with Crippen LogP contribution in [0, 0.1) is 6.92 Å².